The molecule has 0 aromatic carbocycles. The van der Waals surface area contributed by atoms with Crippen LogP contribution in [-0.4, -0.2) is 49.2 Å². The highest BCUT2D eigenvalue weighted by molar-refractivity contribution is 5.52. The molecule has 2 saturated heterocycles. The summed E-state index contributed by atoms with van der Waals surface area (Å²) >= 11 is 0. The van der Waals surface area contributed by atoms with Crippen LogP contribution in [0, 0.1) is 0 Å². The SMILES string of the molecule is CNCc1ccncc1N1CCN2CCCC2C1. The lowest BCUT2D eigenvalue weighted by atomic mass is 10.1. The summed E-state index contributed by atoms with van der Waals surface area (Å²) in [6.45, 7) is 5.73. The van der Waals surface area contributed by atoms with Crippen molar-refractivity contribution in [2.45, 2.75) is 25.4 Å². The van der Waals surface area contributed by atoms with Crippen LogP contribution in [0.15, 0.2) is 18.5 Å². The van der Waals surface area contributed by atoms with E-state index >= 15 is 0 Å². The lowest BCUT2D eigenvalue weighted by Gasteiger charge is -2.39. The molecule has 4 nitrogen and oxygen atoms in total. The van der Waals surface area contributed by atoms with Crippen molar-refractivity contribution in [3.63, 3.8) is 0 Å². The van der Waals surface area contributed by atoms with Gasteiger partial charge in [-0.3, -0.25) is 9.88 Å². The number of rotatable bonds is 3. The highest BCUT2D eigenvalue weighted by atomic mass is 15.3. The first-order valence-corrected chi connectivity index (χ1v) is 6.95. The van der Waals surface area contributed by atoms with Gasteiger partial charge in [0.2, 0.25) is 0 Å². The molecule has 1 aromatic heterocycles. The number of hydrogen-bond donors (Lipinski definition) is 1. The van der Waals surface area contributed by atoms with E-state index in [9.17, 15) is 0 Å². The van der Waals surface area contributed by atoms with Crippen LogP contribution in [0.2, 0.25) is 0 Å². The molecule has 0 amide bonds. The number of nitrogens with zero attached hydrogens (tertiary/aromatic N) is 3. The normalized spacial score (nSPS) is 24.3. The van der Waals surface area contributed by atoms with Gasteiger partial charge in [-0.25, -0.2) is 0 Å². The van der Waals surface area contributed by atoms with Gasteiger partial charge in [-0.15, -0.1) is 0 Å². The van der Waals surface area contributed by atoms with Crippen LogP contribution in [-0.2, 0) is 6.54 Å². The first kappa shape index (κ1) is 11.9. The minimum absolute atomic E-state index is 0.765. The maximum absolute atomic E-state index is 4.31. The standard InChI is InChI=1S/C14H22N4/c1-15-9-12-4-5-16-10-14(12)18-8-7-17-6-2-3-13(17)11-18/h4-5,10,13,15H,2-3,6-9,11H2,1H3. The highest BCUT2D eigenvalue weighted by Gasteiger charge is 2.31. The second kappa shape index (κ2) is 5.24. The third kappa shape index (κ3) is 2.22. The van der Waals surface area contributed by atoms with Gasteiger partial charge in [-0.05, 0) is 38.1 Å². The molecule has 0 bridgehead atoms. The van der Waals surface area contributed by atoms with Crippen LogP contribution in [0.4, 0.5) is 5.69 Å². The van der Waals surface area contributed by atoms with Gasteiger partial charge in [0.15, 0.2) is 0 Å². The van der Waals surface area contributed by atoms with Crippen LogP contribution < -0.4 is 10.2 Å². The van der Waals surface area contributed by atoms with Crippen molar-refractivity contribution in [2.75, 3.05) is 38.1 Å². The van der Waals surface area contributed by atoms with E-state index < -0.39 is 0 Å². The van der Waals surface area contributed by atoms with Crippen molar-refractivity contribution in [1.82, 2.24) is 15.2 Å². The summed E-state index contributed by atoms with van der Waals surface area (Å²) in [6, 6.07) is 2.90. The van der Waals surface area contributed by atoms with Gasteiger partial charge >= 0.3 is 0 Å². The molecule has 18 heavy (non-hydrogen) atoms. The fraction of sp³-hybridized carbons (Fsp3) is 0.643. The van der Waals surface area contributed by atoms with Crippen molar-refractivity contribution >= 4 is 5.69 Å². The van der Waals surface area contributed by atoms with Gasteiger partial charge in [0.25, 0.3) is 0 Å². The van der Waals surface area contributed by atoms with Gasteiger partial charge in [-0.2, -0.15) is 0 Å². The Labute approximate surface area is 109 Å². The Balaban J connectivity index is 1.78. The first-order valence-electron chi connectivity index (χ1n) is 6.95. The predicted octanol–water partition coefficient (Wildman–Crippen LogP) is 1.09. The van der Waals surface area contributed by atoms with E-state index in [4.69, 9.17) is 0 Å². The van der Waals surface area contributed by atoms with Crippen molar-refractivity contribution in [1.29, 1.82) is 0 Å². The Morgan fingerprint density at radius 1 is 1.39 bits per heavy atom. The van der Waals surface area contributed by atoms with Gasteiger partial charge in [0.05, 0.1) is 11.9 Å². The van der Waals surface area contributed by atoms with Gasteiger partial charge in [0, 0.05) is 38.4 Å². The van der Waals surface area contributed by atoms with Crippen LogP contribution >= 0.6 is 0 Å². The molecule has 0 aliphatic carbocycles. The number of aromatic nitrogens is 1. The minimum atomic E-state index is 0.765. The molecule has 4 heteroatoms. The molecule has 2 aliphatic heterocycles. The minimum Gasteiger partial charge on any atom is -0.367 e. The first-order chi connectivity index (χ1) is 8.88. The Bertz CT molecular complexity index is 407. The monoisotopic (exact) mass is 246 g/mol. The zero-order valence-corrected chi connectivity index (χ0v) is 11.1. The molecule has 98 valence electrons. The molecule has 1 aromatic rings. The van der Waals surface area contributed by atoms with E-state index in [1.165, 1.54) is 43.7 Å². The molecule has 0 saturated carbocycles. The predicted molar refractivity (Wildman–Crippen MR) is 73.8 cm³/mol. The van der Waals surface area contributed by atoms with Crippen molar-refractivity contribution in [3.05, 3.63) is 24.0 Å². The second-order valence-corrected chi connectivity index (χ2v) is 5.31. The zero-order valence-electron chi connectivity index (χ0n) is 11.1. The van der Waals surface area contributed by atoms with E-state index in [0.717, 1.165) is 19.1 Å². The third-order valence-corrected chi connectivity index (χ3v) is 4.18. The van der Waals surface area contributed by atoms with Crippen molar-refractivity contribution < 1.29 is 0 Å². The van der Waals surface area contributed by atoms with Gasteiger partial charge < -0.3 is 10.2 Å². The largest absolute Gasteiger partial charge is 0.367 e. The topological polar surface area (TPSA) is 31.4 Å². The van der Waals surface area contributed by atoms with Crippen LogP contribution in [0.5, 0.6) is 0 Å². The quantitative estimate of drug-likeness (QED) is 0.865. The van der Waals surface area contributed by atoms with Crippen molar-refractivity contribution in [3.8, 4) is 0 Å². The molecular weight excluding hydrogens is 224 g/mol. The molecule has 0 spiro atoms. The Hall–Kier alpha value is -1.13. The highest BCUT2D eigenvalue weighted by Crippen LogP contribution is 2.27. The molecular formula is C14H22N4. The summed E-state index contributed by atoms with van der Waals surface area (Å²) in [5.74, 6) is 0. The van der Waals surface area contributed by atoms with Gasteiger partial charge in [0.1, 0.15) is 0 Å². The summed E-state index contributed by atoms with van der Waals surface area (Å²) in [4.78, 5) is 9.47. The van der Waals surface area contributed by atoms with Crippen LogP contribution in [0.1, 0.15) is 18.4 Å². The maximum atomic E-state index is 4.31. The fourth-order valence-corrected chi connectivity index (χ4v) is 3.25. The third-order valence-electron chi connectivity index (χ3n) is 4.18. The maximum Gasteiger partial charge on any atom is 0.0599 e. The Kier molecular flexibility index (Phi) is 3.48. The zero-order chi connectivity index (χ0) is 12.4. The van der Waals surface area contributed by atoms with E-state index in [0.29, 0.717) is 0 Å². The second-order valence-electron chi connectivity index (χ2n) is 5.31. The summed E-state index contributed by atoms with van der Waals surface area (Å²) in [5, 5.41) is 3.24. The molecule has 2 fully saturated rings. The lowest BCUT2D eigenvalue weighted by Crippen LogP contribution is -2.50. The van der Waals surface area contributed by atoms with Crippen LogP contribution in [0.25, 0.3) is 0 Å². The van der Waals surface area contributed by atoms with Gasteiger partial charge in [-0.1, -0.05) is 0 Å². The number of pyridine rings is 1. The van der Waals surface area contributed by atoms with E-state index in [1.807, 2.05) is 19.4 Å². The number of fused-ring (bicyclic) bond motifs is 1. The lowest BCUT2D eigenvalue weighted by molar-refractivity contribution is 0.230. The molecule has 1 N–H and O–H groups in total. The Morgan fingerprint density at radius 3 is 3.22 bits per heavy atom. The molecule has 1 unspecified atom stereocenters. The number of nitrogens with one attached hydrogen (secondary N) is 1. The summed E-state index contributed by atoms with van der Waals surface area (Å²) < 4.78 is 0. The van der Waals surface area contributed by atoms with E-state index in [-0.39, 0.29) is 0 Å². The van der Waals surface area contributed by atoms with Crippen molar-refractivity contribution in [2.24, 2.45) is 0 Å². The molecule has 3 heterocycles. The number of anilines is 1. The Morgan fingerprint density at radius 2 is 2.33 bits per heavy atom. The smallest absolute Gasteiger partial charge is 0.0599 e. The summed E-state index contributed by atoms with van der Waals surface area (Å²) in [7, 11) is 2.00. The average molecular weight is 246 g/mol. The molecule has 0 radical (unpaired) electrons. The molecule has 3 rings (SSSR count). The molecule has 1 atom stereocenters. The van der Waals surface area contributed by atoms with Crippen LogP contribution in [0.3, 0.4) is 0 Å². The summed E-state index contributed by atoms with van der Waals surface area (Å²) in [6.07, 6.45) is 6.65. The fourth-order valence-electron chi connectivity index (χ4n) is 3.25. The number of piperazine rings is 1. The number of hydrogen-bond acceptors (Lipinski definition) is 4. The van der Waals surface area contributed by atoms with E-state index in [2.05, 4.69) is 26.2 Å². The average Bonchev–Trinajstić information content (AvgIpc) is 2.87. The summed E-state index contributed by atoms with van der Waals surface area (Å²) in [5.41, 5.74) is 2.68. The molecule has 2 aliphatic rings. The van der Waals surface area contributed by atoms with E-state index in [1.54, 1.807) is 0 Å².